The third-order valence-electron chi connectivity index (χ3n) is 4.67. The van der Waals surface area contributed by atoms with E-state index in [0.29, 0.717) is 0 Å². The van der Waals surface area contributed by atoms with E-state index in [1.54, 1.807) is 7.11 Å². The largest absolute Gasteiger partial charge is 0.494 e. The Bertz CT molecular complexity index is 1060. The van der Waals surface area contributed by atoms with E-state index in [2.05, 4.69) is 66.8 Å². The number of methoxy groups -OCH3 is 1. The van der Waals surface area contributed by atoms with Crippen LogP contribution in [0.4, 0.5) is 0 Å². The molecular formula is C21H21N3O. The summed E-state index contributed by atoms with van der Waals surface area (Å²) in [7, 11) is 3.76. The summed E-state index contributed by atoms with van der Waals surface area (Å²) in [5.74, 6) is 0.784. The average Bonchev–Trinajstić information content (AvgIpc) is 3.24. The smallest absolute Gasteiger partial charge is 0.146 e. The highest BCUT2D eigenvalue weighted by atomic mass is 16.5. The van der Waals surface area contributed by atoms with E-state index in [-0.39, 0.29) is 0 Å². The molecule has 1 aliphatic rings. The van der Waals surface area contributed by atoms with Crippen molar-refractivity contribution in [2.24, 2.45) is 12.0 Å². The summed E-state index contributed by atoms with van der Waals surface area (Å²) in [4.78, 5) is 8.20. The van der Waals surface area contributed by atoms with Gasteiger partial charge in [0.25, 0.3) is 0 Å². The van der Waals surface area contributed by atoms with E-state index in [0.717, 1.165) is 34.2 Å². The number of nitrogens with zero attached hydrogens (tertiary/aromatic N) is 2. The average molecular weight is 331 g/mol. The molecule has 4 heteroatoms. The molecule has 2 aromatic heterocycles. The fraction of sp³-hybridized carbons (Fsp3) is 0.190. The maximum atomic E-state index is 5.56. The minimum atomic E-state index is 0.784. The third-order valence-corrected chi connectivity index (χ3v) is 4.67. The van der Waals surface area contributed by atoms with E-state index in [1.165, 1.54) is 16.5 Å². The first-order chi connectivity index (χ1) is 12.1. The van der Waals surface area contributed by atoms with Crippen LogP contribution in [0.1, 0.15) is 22.6 Å². The Morgan fingerprint density at radius 1 is 1.16 bits per heavy atom. The minimum absolute atomic E-state index is 0.784. The molecule has 1 aliphatic heterocycles. The quantitative estimate of drug-likeness (QED) is 0.754. The van der Waals surface area contributed by atoms with E-state index >= 15 is 0 Å². The van der Waals surface area contributed by atoms with Gasteiger partial charge in [-0.2, -0.15) is 0 Å². The molecule has 25 heavy (non-hydrogen) atoms. The van der Waals surface area contributed by atoms with Gasteiger partial charge in [-0.1, -0.05) is 18.2 Å². The Labute approximate surface area is 147 Å². The number of hydrogen-bond acceptors (Lipinski definition) is 2. The third kappa shape index (κ3) is 2.60. The Morgan fingerprint density at radius 3 is 2.64 bits per heavy atom. The van der Waals surface area contributed by atoms with Crippen LogP contribution in [0.5, 0.6) is 0 Å². The van der Waals surface area contributed by atoms with Crippen molar-refractivity contribution in [1.82, 2.24) is 9.55 Å². The zero-order valence-electron chi connectivity index (χ0n) is 14.9. The molecule has 0 bridgehead atoms. The normalized spacial score (nSPS) is 15.8. The predicted octanol–water partition coefficient (Wildman–Crippen LogP) is 4.50. The summed E-state index contributed by atoms with van der Waals surface area (Å²) in [6.07, 6.45) is 4.05. The molecule has 1 N–H and O–H groups in total. The summed E-state index contributed by atoms with van der Waals surface area (Å²) in [5, 5.41) is 1.21. The van der Waals surface area contributed by atoms with Gasteiger partial charge in [0.15, 0.2) is 0 Å². The molecule has 0 fully saturated rings. The molecule has 1 aromatic carbocycles. The van der Waals surface area contributed by atoms with Gasteiger partial charge in [0.2, 0.25) is 0 Å². The van der Waals surface area contributed by atoms with Crippen molar-refractivity contribution in [2.45, 2.75) is 13.8 Å². The number of allylic oxidation sites excluding steroid dienone is 1. The van der Waals surface area contributed by atoms with Crippen molar-refractivity contribution in [3.05, 3.63) is 76.6 Å². The van der Waals surface area contributed by atoms with Crippen molar-refractivity contribution in [2.75, 3.05) is 7.11 Å². The van der Waals surface area contributed by atoms with E-state index in [1.807, 2.05) is 12.2 Å². The van der Waals surface area contributed by atoms with Crippen LogP contribution in [0.3, 0.4) is 0 Å². The van der Waals surface area contributed by atoms with E-state index < -0.39 is 0 Å². The molecule has 0 unspecified atom stereocenters. The fourth-order valence-corrected chi connectivity index (χ4v) is 3.38. The van der Waals surface area contributed by atoms with Crippen molar-refractivity contribution in [3.8, 4) is 0 Å². The lowest BCUT2D eigenvalue weighted by atomic mass is 10.2. The van der Waals surface area contributed by atoms with Gasteiger partial charge >= 0.3 is 0 Å². The van der Waals surface area contributed by atoms with Gasteiger partial charge in [-0.25, -0.2) is 4.99 Å². The molecule has 0 spiro atoms. The van der Waals surface area contributed by atoms with Crippen LogP contribution in [0.15, 0.2) is 58.9 Å². The van der Waals surface area contributed by atoms with Gasteiger partial charge in [0.1, 0.15) is 11.5 Å². The zero-order valence-corrected chi connectivity index (χ0v) is 14.9. The topological polar surface area (TPSA) is 42.3 Å². The molecule has 0 saturated carbocycles. The number of rotatable bonds is 3. The van der Waals surface area contributed by atoms with E-state index in [9.17, 15) is 0 Å². The lowest BCUT2D eigenvalue weighted by molar-refractivity contribution is 0.303. The maximum Gasteiger partial charge on any atom is 0.146 e. The Hall–Kier alpha value is -3.01. The number of hydrogen-bond donors (Lipinski definition) is 1. The molecule has 4 rings (SSSR count). The highest BCUT2D eigenvalue weighted by molar-refractivity contribution is 6.13. The second-order valence-corrected chi connectivity index (χ2v) is 6.44. The zero-order chi connectivity index (χ0) is 17.6. The maximum absolute atomic E-state index is 5.56. The number of aliphatic imine (C=N–C) groups is 1. The highest BCUT2D eigenvalue weighted by Gasteiger charge is 2.20. The molecule has 3 aromatic rings. The fourth-order valence-electron chi connectivity index (χ4n) is 3.38. The number of aromatic amines is 1. The van der Waals surface area contributed by atoms with Gasteiger partial charge in [0.05, 0.1) is 18.5 Å². The highest BCUT2D eigenvalue weighted by Crippen LogP contribution is 2.28. The standard InChI is InChI=1S/C21H21N3O/c1-13-9-14(2)22-16(13)11-18-21(25-4)12-17(23-18)20-10-15-7-5-6-8-19(15)24(20)3/h5-12,22H,1-4H3/b18-11-. The van der Waals surface area contributed by atoms with Crippen LogP contribution in [0.25, 0.3) is 17.0 Å². The molecule has 0 radical (unpaired) electrons. The predicted molar refractivity (Wildman–Crippen MR) is 103 cm³/mol. The van der Waals surface area contributed by atoms with Crippen molar-refractivity contribution in [1.29, 1.82) is 0 Å². The first kappa shape index (κ1) is 15.5. The van der Waals surface area contributed by atoms with E-state index in [4.69, 9.17) is 9.73 Å². The van der Waals surface area contributed by atoms with Gasteiger partial charge in [-0.15, -0.1) is 0 Å². The Morgan fingerprint density at radius 2 is 1.96 bits per heavy atom. The number of para-hydroxylation sites is 1. The summed E-state index contributed by atoms with van der Waals surface area (Å²) < 4.78 is 7.73. The Balaban J connectivity index is 1.81. The number of ether oxygens (including phenoxy) is 1. The molecule has 0 amide bonds. The molecule has 0 aliphatic carbocycles. The van der Waals surface area contributed by atoms with Crippen molar-refractivity contribution >= 4 is 22.7 Å². The minimum Gasteiger partial charge on any atom is -0.494 e. The molecule has 4 nitrogen and oxygen atoms in total. The molecule has 0 atom stereocenters. The number of H-pyrrole nitrogens is 1. The lowest BCUT2D eigenvalue weighted by Crippen LogP contribution is -2.02. The summed E-state index contributed by atoms with van der Waals surface area (Å²) in [6.45, 7) is 4.15. The van der Waals surface area contributed by atoms with Crippen LogP contribution in [-0.4, -0.2) is 22.4 Å². The van der Waals surface area contributed by atoms with Crippen LogP contribution in [0, 0.1) is 13.8 Å². The molecule has 3 heterocycles. The Kier molecular flexibility index (Phi) is 3.61. The number of aryl methyl sites for hydroxylation is 3. The SMILES string of the molecule is COC1=CC(c2cc3ccccc3n2C)=N/C1=C\c1[nH]c(C)cc1C. The summed E-state index contributed by atoms with van der Waals surface area (Å²) in [5.41, 5.74) is 7.45. The number of fused-ring (bicyclic) bond motifs is 1. The van der Waals surface area contributed by atoms with Gasteiger partial charge < -0.3 is 14.3 Å². The number of nitrogens with one attached hydrogen (secondary N) is 1. The van der Waals surface area contributed by atoms with Crippen molar-refractivity contribution < 1.29 is 4.74 Å². The van der Waals surface area contributed by atoms with Crippen LogP contribution in [-0.2, 0) is 11.8 Å². The summed E-state index contributed by atoms with van der Waals surface area (Å²) >= 11 is 0. The first-order valence-electron chi connectivity index (χ1n) is 8.34. The van der Waals surface area contributed by atoms with Crippen LogP contribution >= 0.6 is 0 Å². The number of benzene rings is 1. The molecular weight excluding hydrogens is 310 g/mol. The first-order valence-corrected chi connectivity index (χ1v) is 8.34. The second kappa shape index (κ2) is 5.81. The van der Waals surface area contributed by atoms with Gasteiger partial charge in [-0.3, -0.25) is 0 Å². The lowest BCUT2D eigenvalue weighted by Gasteiger charge is -2.01. The summed E-state index contributed by atoms with van der Waals surface area (Å²) in [6, 6.07) is 12.7. The van der Waals surface area contributed by atoms with Crippen LogP contribution in [0.2, 0.25) is 0 Å². The molecule has 0 saturated heterocycles. The number of aromatic nitrogens is 2. The van der Waals surface area contributed by atoms with Crippen molar-refractivity contribution in [3.63, 3.8) is 0 Å². The molecule has 126 valence electrons. The van der Waals surface area contributed by atoms with Gasteiger partial charge in [-0.05, 0) is 43.7 Å². The second-order valence-electron chi connectivity index (χ2n) is 6.44. The van der Waals surface area contributed by atoms with Crippen LogP contribution < -0.4 is 0 Å². The van der Waals surface area contributed by atoms with Gasteiger partial charge in [0, 0.05) is 35.4 Å². The monoisotopic (exact) mass is 331 g/mol.